The van der Waals surface area contributed by atoms with Gasteiger partial charge in [0.15, 0.2) is 0 Å². The summed E-state index contributed by atoms with van der Waals surface area (Å²) in [6, 6.07) is 0.234. The Morgan fingerprint density at radius 3 is 3.00 bits per heavy atom. The van der Waals surface area contributed by atoms with Gasteiger partial charge in [-0.1, -0.05) is 0 Å². The molecule has 2 heterocycles. The van der Waals surface area contributed by atoms with Crippen molar-refractivity contribution < 1.29 is 9.53 Å². The monoisotopic (exact) mass is 209 g/mol. The standard InChI is InChI=1S/C10H15N3O2/c14-10(9-1-4-11-7-12-9)13-8-2-5-15-6-3-8/h1,7-8H,2-6H2,(H,11,12)(H,13,14). The summed E-state index contributed by atoms with van der Waals surface area (Å²) < 4.78 is 5.22. The zero-order valence-electron chi connectivity index (χ0n) is 8.53. The van der Waals surface area contributed by atoms with E-state index in [9.17, 15) is 4.79 Å². The number of carbonyl (C=O) groups is 1. The number of amides is 1. The van der Waals surface area contributed by atoms with E-state index in [-0.39, 0.29) is 11.9 Å². The molecule has 1 fully saturated rings. The van der Waals surface area contributed by atoms with Crippen molar-refractivity contribution >= 4 is 12.2 Å². The number of carbonyl (C=O) groups excluding carboxylic acids is 1. The van der Waals surface area contributed by atoms with Crippen LogP contribution in [0.15, 0.2) is 16.8 Å². The molecule has 0 atom stereocenters. The number of aliphatic imine (C=N–C) groups is 1. The molecular formula is C10H15N3O2. The fourth-order valence-electron chi connectivity index (χ4n) is 1.63. The average Bonchev–Trinajstić information content (AvgIpc) is 2.31. The highest BCUT2D eigenvalue weighted by Gasteiger charge is 2.18. The van der Waals surface area contributed by atoms with Crippen LogP contribution in [0.1, 0.15) is 12.8 Å². The summed E-state index contributed by atoms with van der Waals surface area (Å²) in [6.07, 6.45) is 5.12. The Morgan fingerprint density at radius 1 is 1.53 bits per heavy atom. The second kappa shape index (κ2) is 4.93. The fraction of sp³-hybridized carbons (Fsp3) is 0.600. The molecular weight excluding hydrogens is 194 g/mol. The highest BCUT2D eigenvalue weighted by atomic mass is 16.5. The molecule has 1 amide bonds. The summed E-state index contributed by atoms with van der Waals surface area (Å²) in [5, 5.41) is 5.86. The quantitative estimate of drug-likeness (QED) is 0.662. The van der Waals surface area contributed by atoms with E-state index in [4.69, 9.17) is 4.74 Å². The van der Waals surface area contributed by atoms with Gasteiger partial charge >= 0.3 is 0 Å². The molecule has 0 unspecified atom stereocenters. The van der Waals surface area contributed by atoms with Crippen molar-refractivity contribution in [1.29, 1.82) is 0 Å². The van der Waals surface area contributed by atoms with Crippen molar-refractivity contribution in [3.05, 3.63) is 11.8 Å². The summed E-state index contributed by atoms with van der Waals surface area (Å²) in [5.74, 6) is -0.0837. The molecule has 0 aromatic carbocycles. The Balaban J connectivity index is 1.85. The van der Waals surface area contributed by atoms with Crippen LogP contribution in [0.3, 0.4) is 0 Å². The molecule has 0 spiro atoms. The molecule has 2 aliphatic heterocycles. The van der Waals surface area contributed by atoms with Crippen molar-refractivity contribution in [2.45, 2.75) is 18.9 Å². The van der Waals surface area contributed by atoms with Gasteiger partial charge in [0.25, 0.3) is 5.91 Å². The molecule has 2 rings (SSSR count). The minimum atomic E-state index is -0.0837. The number of hydrogen-bond donors (Lipinski definition) is 2. The van der Waals surface area contributed by atoms with Gasteiger partial charge in [-0.3, -0.25) is 4.79 Å². The van der Waals surface area contributed by atoms with Gasteiger partial charge in [-0.05, 0) is 18.9 Å². The van der Waals surface area contributed by atoms with Gasteiger partial charge in [0.1, 0.15) is 5.70 Å². The third kappa shape index (κ3) is 2.79. The van der Waals surface area contributed by atoms with E-state index in [0.29, 0.717) is 12.2 Å². The van der Waals surface area contributed by atoms with E-state index in [1.54, 1.807) is 12.4 Å². The Labute approximate surface area is 88.6 Å². The maximum absolute atomic E-state index is 11.7. The number of rotatable bonds is 2. The Morgan fingerprint density at radius 2 is 2.33 bits per heavy atom. The van der Waals surface area contributed by atoms with Crippen LogP contribution in [0.25, 0.3) is 0 Å². The molecule has 2 aliphatic rings. The summed E-state index contributed by atoms with van der Waals surface area (Å²) in [5.41, 5.74) is 0.500. The van der Waals surface area contributed by atoms with Crippen LogP contribution in [0, 0.1) is 0 Å². The van der Waals surface area contributed by atoms with Crippen molar-refractivity contribution in [2.24, 2.45) is 4.99 Å². The molecule has 0 aromatic heterocycles. The Bertz CT molecular complexity index is 293. The lowest BCUT2D eigenvalue weighted by Gasteiger charge is -2.23. The smallest absolute Gasteiger partial charge is 0.269 e. The summed E-state index contributed by atoms with van der Waals surface area (Å²) >= 11 is 0. The molecule has 1 saturated heterocycles. The molecule has 0 radical (unpaired) electrons. The maximum atomic E-state index is 11.7. The lowest BCUT2D eigenvalue weighted by atomic mass is 10.1. The van der Waals surface area contributed by atoms with Gasteiger partial charge in [0.05, 0.1) is 6.34 Å². The SMILES string of the molecule is O=C(NC1CCOCC1)C1=CCNC=N1. The molecule has 5 heteroatoms. The van der Waals surface area contributed by atoms with E-state index >= 15 is 0 Å². The number of nitrogens with zero attached hydrogens (tertiary/aromatic N) is 1. The summed E-state index contributed by atoms with van der Waals surface area (Å²) in [4.78, 5) is 15.7. The highest BCUT2D eigenvalue weighted by Crippen LogP contribution is 2.08. The largest absolute Gasteiger partial charge is 0.381 e. The maximum Gasteiger partial charge on any atom is 0.269 e. The third-order valence-corrected chi connectivity index (χ3v) is 2.50. The van der Waals surface area contributed by atoms with E-state index in [2.05, 4.69) is 15.6 Å². The molecule has 0 bridgehead atoms. The van der Waals surface area contributed by atoms with Crippen LogP contribution < -0.4 is 10.6 Å². The first-order valence-corrected chi connectivity index (χ1v) is 5.21. The van der Waals surface area contributed by atoms with E-state index in [0.717, 1.165) is 26.1 Å². The average molecular weight is 209 g/mol. The van der Waals surface area contributed by atoms with Crippen LogP contribution in [0.4, 0.5) is 0 Å². The first-order chi connectivity index (χ1) is 7.36. The van der Waals surface area contributed by atoms with Gasteiger partial charge in [0.2, 0.25) is 0 Å². The van der Waals surface area contributed by atoms with E-state index in [1.165, 1.54) is 0 Å². The highest BCUT2D eigenvalue weighted by molar-refractivity contribution is 5.95. The van der Waals surface area contributed by atoms with Crippen molar-refractivity contribution in [1.82, 2.24) is 10.6 Å². The van der Waals surface area contributed by atoms with Gasteiger partial charge in [-0.15, -0.1) is 0 Å². The van der Waals surface area contributed by atoms with Crippen molar-refractivity contribution in [3.8, 4) is 0 Å². The predicted octanol–water partition coefficient (Wildman–Crippen LogP) is -0.203. The lowest BCUT2D eigenvalue weighted by Crippen LogP contribution is -2.40. The normalized spacial score (nSPS) is 21.7. The second-order valence-electron chi connectivity index (χ2n) is 3.62. The summed E-state index contributed by atoms with van der Waals surface area (Å²) in [7, 11) is 0. The molecule has 82 valence electrons. The molecule has 2 N–H and O–H groups in total. The van der Waals surface area contributed by atoms with Gasteiger partial charge in [-0.25, -0.2) is 4.99 Å². The zero-order valence-corrected chi connectivity index (χ0v) is 8.53. The van der Waals surface area contributed by atoms with Crippen LogP contribution in [-0.2, 0) is 9.53 Å². The van der Waals surface area contributed by atoms with Gasteiger partial charge in [-0.2, -0.15) is 0 Å². The van der Waals surface area contributed by atoms with Gasteiger partial charge in [0, 0.05) is 25.8 Å². The zero-order chi connectivity index (χ0) is 10.5. The van der Waals surface area contributed by atoms with E-state index < -0.39 is 0 Å². The number of nitrogens with one attached hydrogen (secondary N) is 2. The van der Waals surface area contributed by atoms with E-state index in [1.807, 2.05) is 0 Å². The fourth-order valence-corrected chi connectivity index (χ4v) is 1.63. The second-order valence-corrected chi connectivity index (χ2v) is 3.62. The third-order valence-electron chi connectivity index (χ3n) is 2.50. The van der Waals surface area contributed by atoms with Crippen LogP contribution in [0.2, 0.25) is 0 Å². The molecule has 15 heavy (non-hydrogen) atoms. The minimum Gasteiger partial charge on any atom is -0.381 e. The van der Waals surface area contributed by atoms with Crippen molar-refractivity contribution in [3.63, 3.8) is 0 Å². The van der Waals surface area contributed by atoms with Gasteiger partial charge < -0.3 is 15.4 Å². The molecule has 0 aromatic rings. The first kappa shape index (κ1) is 10.2. The predicted molar refractivity (Wildman–Crippen MR) is 56.6 cm³/mol. The Kier molecular flexibility index (Phi) is 3.34. The number of hydrogen-bond acceptors (Lipinski definition) is 4. The summed E-state index contributed by atoms with van der Waals surface area (Å²) in [6.45, 7) is 2.13. The van der Waals surface area contributed by atoms with Crippen LogP contribution >= 0.6 is 0 Å². The first-order valence-electron chi connectivity index (χ1n) is 5.21. The molecule has 5 nitrogen and oxygen atoms in total. The lowest BCUT2D eigenvalue weighted by molar-refractivity contribution is -0.118. The topological polar surface area (TPSA) is 62.7 Å². The van der Waals surface area contributed by atoms with Crippen molar-refractivity contribution in [2.75, 3.05) is 19.8 Å². The molecule has 0 aliphatic carbocycles. The number of ether oxygens (including phenoxy) is 1. The minimum absolute atomic E-state index is 0.0837. The van der Waals surface area contributed by atoms with Crippen LogP contribution in [0.5, 0.6) is 0 Å². The Hall–Kier alpha value is -1.36. The van der Waals surface area contributed by atoms with Crippen LogP contribution in [-0.4, -0.2) is 38.0 Å². The molecule has 0 saturated carbocycles.